The highest BCUT2D eigenvalue weighted by Crippen LogP contribution is 2.30. The van der Waals surface area contributed by atoms with E-state index in [0.717, 1.165) is 16.8 Å². The van der Waals surface area contributed by atoms with Crippen LogP contribution in [0.25, 0.3) is 0 Å². The molecule has 0 aliphatic heterocycles. The van der Waals surface area contributed by atoms with E-state index in [2.05, 4.69) is 10.4 Å². The number of carbonyl (C=O) groups excluding carboxylic acids is 1. The van der Waals surface area contributed by atoms with Crippen molar-refractivity contribution in [2.75, 3.05) is 0 Å². The highest BCUT2D eigenvalue weighted by Gasteiger charge is 2.30. The summed E-state index contributed by atoms with van der Waals surface area (Å²) in [4.78, 5) is 23.3. The Morgan fingerprint density at radius 1 is 1.26 bits per heavy atom. The lowest BCUT2D eigenvalue weighted by Gasteiger charge is -2.16. The van der Waals surface area contributed by atoms with Gasteiger partial charge in [0.25, 0.3) is 11.5 Å². The maximum Gasteiger partial charge on any atom is 0.416 e. The molecule has 0 fully saturated rings. The van der Waals surface area contributed by atoms with Gasteiger partial charge in [-0.1, -0.05) is 12.1 Å². The molecule has 0 aliphatic rings. The minimum absolute atomic E-state index is 0.00549. The summed E-state index contributed by atoms with van der Waals surface area (Å²) in [6.45, 7) is 1.56. The fourth-order valence-corrected chi connectivity index (χ4v) is 1.96. The van der Waals surface area contributed by atoms with Gasteiger partial charge < -0.3 is 5.32 Å². The average Bonchev–Trinajstić information content (AvgIpc) is 2.49. The van der Waals surface area contributed by atoms with E-state index >= 15 is 0 Å². The third-order valence-electron chi connectivity index (χ3n) is 3.25. The standard InChI is InChI=1S/C15H14F3N3O2/c1-9(10-4-3-5-11(8-10)15(16,17)18)19-14(23)12-6-7-13(22)21(2)20-12/h3-9H,1-2H3,(H,19,23). The summed E-state index contributed by atoms with van der Waals surface area (Å²) >= 11 is 0. The van der Waals surface area contributed by atoms with Crippen molar-refractivity contribution in [2.45, 2.75) is 19.1 Å². The number of benzene rings is 1. The number of aryl methyl sites for hydroxylation is 1. The molecule has 1 aromatic heterocycles. The first-order valence-corrected chi connectivity index (χ1v) is 6.71. The molecule has 8 heteroatoms. The van der Waals surface area contributed by atoms with Gasteiger partial charge in [0, 0.05) is 13.1 Å². The molecule has 122 valence electrons. The van der Waals surface area contributed by atoms with Gasteiger partial charge in [0.05, 0.1) is 11.6 Å². The molecule has 0 radical (unpaired) electrons. The van der Waals surface area contributed by atoms with Crippen LogP contribution >= 0.6 is 0 Å². The van der Waals surface area contributed by atoms with E-state index in [4.69, 9.17) is 0 Å². The molecular weight excluding hydrogens is 311 g/mol. The zero-order chi connectivity index (χ0) is 17.2. The van der Waals surface area contributed by atoms with Crippen LogP contribution in [0.4, 0.5) is 13.2 Å². The second kappa shape index (κ2) is 6.23. The molecule has 0 saturated heterocycles. The number of aromatic nitrogens is 2. The van der Waals surface area contributed by atoms with Crippen molar-refractivity contribution in [3.05, 3.63) is 63.6 Å². The molecule has 1 heterocycles. The van der Waals surface area contributed by atoms with Gasteiger partial charge in [0.15, 0.2) is 0 Å². The predicted octanol–water partition coefficient (Wildman–Crippen LogP) is 2.29. The van der Waals surface area contributed by atoms with Gasteiger partial charge >= 0.3 is 6.18 Å². The summed E-state index contributed by atoms with van der Waals surface area (Å²) < 4.78 is 39.1. The molecule has 1 aromatic carbocycles. The van der Waals surface area contributed by atoms with E-state index in [0.29, 0.717) is 5.56 Å². The molecule has 1 amide bonds. The lowest BCUT2D eigenvalue weighted by atomic mass is 10.0. The summed E-state index contributed by atoms with van der Waals surface area (Å²) in [6, 6.07) is 6.53. The number of hydrogen-bond donors (Lipinski definition) is 1. The summed E-state index contributed by atoms with van der Waals surface area (Å²) in [6.07, 6.45) is -4.45. The predicted molar refractivity (Wildman–Crippen MR) is 76.8 cm³/mol. The molecule has 1 N–H and O–H groups in total. The Balaban J connectivity index is 2.18. The van der Waals surface area contributed by atoms with Gasteiger partial charge in [-0.2, -0.15) is 18.3 Å². The maximum absolute atomic E-state index is 12.7. The Labute approximate surface area is 129 Å². The lowest BCUT2D eigenvalue weighted by Crippen LogP contribution is -2.30. The summed E-state index contributed by atoms with van der Waals surface area (Å²) in [7, 11) is 1.40. The molecule has 5 nitrogen and oxygen atoms in total. The summed E-state index contributed by atoms with van der Waals surface area (Å²) in [5.74, 6) is -0.578. The monoisotopic (exact) mass is 325 g/mol. The van der Waals surface area contributed by atoms with E-state index in [1.54, 1.807) is 6.92 Å². The molecule has 2 aromatic rings. The van der Waals surface area contributed by atoms with Crippen molar-refractivity contribution >= 4 is 5.91 Å². The summed E-state index contributed by atoms with van der Waals surface area (Å²) in [5.41, 5.74) is -0.826. The summed E-state index contributed by atoms with van der Waals surface area (Å²) in [5, 5.41) is 6.34. The maximum atomic E-state index is 12.7. The third kappa shape index (κ3) is 3.97. The van der Waals surface area contributed by atoms with Gasteiger partial charge in [0.2, 0.25) is 0 Å². The van der Waals surface area contributed by atoms with E-state index in [-0.39, 0.29) is 11.3 Å². The Morgan fingerprint density at radius 2 is 1.96 bits per heavy atom. The van der Waals surface area contributed by atoms with E-state index in [9.17, 15) is 22.8 Å². The molecule has 0 spiro atoms. The molecule has 1 unspecified atom stereocenters. The van der Waals surface area contributed by atoms with Crippen LogP contribution in [-0.2, 0) is 13.2 Å². The van der Waals surface area contributed by atoms with Crippen LogP contribution in [0.15, 0.2) is 41.2 Å². The molecule has 23 heavy (non-hydrogen) atoms. The SMILES string of the molecule is CC(NC(=O)c1ccc(=O)n(C)n1)c1cccc(C(F)(F)F)c1. The second-order valence-electron chi connectivity index (χ2n) is 5.00. The number of alkyl halides is 3. The largest absolute Gasteiger partial charge is 0.416 e. The first-order chi connectivity index (χ1) is 10.7. The van der Waals surface area contributed by atoms with Crippen molar-refractivity contribution in [3.63, 3.8) is 0 Å². The molecule has 1 atom stereocenters. The van der Waals surface area contributed by atoms with Crippen molar-refractivity contribution in [3.8, 4) is 0 Å². The number of rotatable bonds is 3. The van der Waals surface area contributed by atoms with Gasteiger partial charge in [-0.05, 0) is 30.7 Å². The van der Waals surface area contributed by atoms with Crippen LogP contribution in [0, 0.1) is 0 Å². The number of nitrogens with one attached hydrogen (secondary N) is 1. The van der Waals surface area contributed by atoms with E-state index < -0.39 is 23.7 Å². The van der Waals surface area contributed by atoms with Crippen molar-refractivity contribution in [1.82, 2.24) is 15.1 Å². The molecular formula is C15H14F3N3O2. The first kappa shape index (κ1) is 16.7. The van der Waals surface area contributed by atoms with Crippen LogP contribution in [0.5, 0.6) is 0 Å². The molecule has 0 aliphatic carbocycles. The fourth-order valence-electron chi connectivity index (χ4n) is 1.96. The minimum Gasteiger partial charge on any atom is -0.344 e. The van der Waals surface area contributed by atoms with Crippen LogP contribution < -0.4 is 10.9 Å². The topological polar surface area (TPSA) is 64.0 Å². The van der Waals surface area contributed by atoms with Crippen molar-refractivity contribution in [2.24, 2.45) is 7.05 Å². The fraction of sp³-hybridized carbons (Fsp3) is 0.267. The molecule has 0 bridgehead atoms. The Bertz CT molecular complexity index is 784. The molecule has 0 saturated carbocycles. The van der Waals surface area contributed by atoms with E-state index in [1.807, 2.05) is 0 Å². The Morgan fingerprint density at radius 3 is 2.57 bits per heavy atom. The number of halogens is 3. The number of carbonyl (C=O) groups is 1. The average molecular weight is 325 g/mol. The second-order valence-corrected chi connectivity index (χ2v) is 5.00. The highest BCUT2D eigenvalue weighted by molar-refractivity contribution is 5.92. The van der Waals surface area contributed by atoms with Gasteiger partial charge in [0.1, 0.15) is 5.69 Å². The van der Waals surface area contributed by atoms with Gasteiger partial charge in [-0.15, -0.1) is 0 Å². The van der Waals surface area contributed by atoms with Crippen LogP contribution in [-0.4, -0.2) is 15.7 Å². The van der Waals surface area contributed by atoms with E-state index in [1.165, 1.54) is 31.3 Å². The first-order valence-electron chi connectivity index (χ1n) is 6.71. The number of nitrogens with zero attached hydrogens (tertiary/aromatic N) is 2. The Kier molecular flexibility index (Phi) is 4.53. The third-order valence-corrected chi connectivity index (χ3v) is 3.25. The lowest BCUT2D eigenvalue weighted by molar-refractivity contribution is -0.137. The zero-order valence-electron chi connectivity index (χ0n) is 12.4. The number of hydrogen-bond acceptors (Lipinski definition) is 3. The van der Waals surface area contributed by atoms with Crippen LogP contribution in [0.3, 0.4) is 0 Å². The van der Waals surface area contributed by atoms with Crippen molar-refractivity contribution < 1.29 is 18.0 Å². The zero-order valence-corrected chi connectivity index (χ0v) is 12.4. The minimum atomic E-state index is -4.45. The quantitative estimate of drug-likeness (QED) is 0.942. The van der Waals surface area contributed by atoms with Gasteiger partial charge in [-0.3, -0.25) is 9.59 Å². The van der Waals surface area contributed by atoms with Crippen LogP contribution in [0.2, 0.25) is 0 Å². The van der Waals surface area contributed by atoms with Crippen LogP contribution in [0.1, 0.15) is 34.6 Å². The Hall–Kier alpha value is -2.64. The van der Waals surface area contributed by atoms with Gasteiger partial charge in [-0.25, -0.2) is 4.68 Å². The number of amides is 1. The smallest absolute Gasteiger partial charge is 0.344 e. The van der Waals surface area contributed by atoms with Crippen molar-refractivity contribution in [1.29, 1.82) is 0 Å². The molecule has 2 rings (SSSR count). The normalized spacial score (nSPS) is 12.7. The highest BCUT2D eigenvalue weighted by atomic mass is 19.4.